The zero-order valence-corrected chi connectivity index (χ0v) is 7.84. The molecule has 0 bridgehead atoms. The van der Waals surface area contributed by atoms with E-state index in [0.717, 1.165) is 0 Å². The predicted octanol–water partition coefficient (Wildman–Crippen LogP) is -0.0393. The topological polar surface area (TPSA) is 74.4 Å². The quantitative estimate of drug-likeness (QED) is 0.684. The standard InChI is InChI=1S/C9H12N2O3/c1-13-9(12)7(10)6-14-8-4-2-3-5-11-8/h2-5,7H,6,10H2,1H3. The molecule has 1 aromatic heterocycles. The molecule has 2 N–H and O–H groups in total. The van der Waals surface area contributed by atoms with Gasteiger partial charge in [0.25, 0.3) is 0 Å². The van der Waals surface area contributed by atoms with Gasteiger partial charge in [-0.2, -0.15) is 0 Å². The fraction of sp³-hybridized carbons (Fsp3) is 0.333. The summed E-state index contributed by atoms with van der Waals surface area (Å²) in [6, 6.07) is 4.46. The molecule has 0 saturated carbocycles. The van der Waals surface area contributed by atoms with E-state index in [1.165, 1.54) is 7.11 Å². The van der Waals surface area contributed by atoms with E-state index in [0.29, 0.717) is 5.88 Å². The Balaban J connectivity index is 2.38. The zero-order chi connectivity index (χ0) is 10.4. The molecule has 0 amide bonds. The van der Waals surface area contributed by atoms with Gasteiger partial charge in [0.1, 0.15) is 12.6 Å². The number of carbonyl (C=O) groups excluding carboxylic acids is 1. The van der Waals surface area contributed by atoms with Gasteiger partial charge in [-0.1, -0.05) is 6.07 Å². The van der Waals surface area contributed by atoms with Crippen molar-refractivity contribution in [3.63, 3.8) is 0 Å². The second-order valence-electron chi connectivity index (χ2n) is 2.61. The maximum atomic E-state index is 10.9. The van der Waals surface area contributed by atoms with Crippen LogP contribution in [0.5, 0.6) is 5.88 Å². The first-order valence-electron chi connectivity index (χ1n) is 4.11. The third-order valence-electron chi connectivity index (χ3n) is 1.55. The van der Waals surface area contributed by atoms with E-state index in [4.69, 9.17) is 10.5 Å². The van der Waals surface area contributed by atoms with Crippen LogP contribution in [0.15, 0.2) is 24.4 Å². The number of aromatic nitrogens is 1. The average molecular weight is 196 g/mol. The molecule has 1 heterocycles. The first kappa shape index (κ1) is 10.5. The number of rotatable bonds is 4. The van der Waals surface area contributed by atoms with Crippen LogP contribution in [0, 0.1) is 0 Å². The highest BCUT2D eigenvalue weighted by Crippen LogP contribution is 2.03. The molecule has 5 nitrogen and oxygen atoms in total. The number of carbonyl (C=O) groups is 1. The third-order valence-corrected chi connectivity index (χ3v) is 1.55. The van der Waals surface area contributed by atoms with Crippen molar-refractivity contribution in [2.24, 2.45) is 5.73 Å². The Bertz CT molecular complexity index is 289. The van der Waals surface area contributed by atoms with Gasteiger partial charge in [-0.3, -0.25) is 4.79 Å². The third kappa shape index (κ3) is 3.02. The number of esters is 1. The van der Waals surface area contributed by atoms with E-state index < -0.39 is 12.0 Å². The second kappa shape index (κ2) is 5.18. The Hall–Kier alpha value is -1.62. The van der Waals surface area contributed by atoms with Crippen molar-refractivity contribution < 1.29 is 14.3 Å². The molecule has 1 atom stereocenters. The van der Waals surface area contributed by atoms with Crippen molar-refractivity contribution in [1.29, 1.82) is 0 Å². The van der Waals surface area contributed by atoms with E-state index in [2.05, 4.69) is 9.72 Å². The van der Waals surface area contributed by atoms with Crippen LogP contribution in [0.4, 0.5) is 0 Å². The van der Waals surface area contributed by atoms with Crippen molar-refractivity contribution in [3.05, 3.63) is 24.4 Å². The summed E-state index contributed by atoms with van der Waals surface area (Å²) in [5.41, 5.74) is 5.45. The van der Waals surface area contributed by atoms with Crippen LogP contribution in [0.2, 0.25) is 0 Å². The highest BCUT2D eigenvalue weighted by atomic mass is 16.5. The Morgan fingerprint density at radius 3 is 3.00 bits per heavy atom. The SMILES string of the molecule is COC(=O)C(N)COc1ccccn1. The Morgan fingerprint density at radius 2 is 2.43 bits per heavy atom. The largest absolute Gasteiger partial charge is 0.475 e. The summed E-state index contributed by atoms with van der Waals surface area (Å²) >= 11 is 0. The molecule has 0 aliphatic heterocycles. The maximum absolute atomic E-state index is 10.9. The molecule has 76 valence electrons. The lowest BCUT2D eigenvalue weighted by Gasteiger charge is -2.09. The van der Waals surface area contributed by atoms with Gasteiger partial charge in [0.2, 0.25) is 5.88 Å². The van der Waals surface area contributed by atoms with Gasteiger partial charge in [-0.25, -0.2) is 4.98 Å². The first-order chi connectivity index (χ1) is 6.74. The molecule has 5 heteroatoms. The van der Waals surface area contributed by atoms with Crippen LogP contribution < -0.4 is 10.5 Å². The summed E-state index contributed by atoms with van der Waals surface area (Å²) in [4.78, 5) is 14.8. The fourth-order valence-electron chi connectivity index (χ4n) is 0.827. The van der Waals surface area contributed by atoms with Gasteiger partial charge < -0.3 is 15.2 Å². The van der Waals surface area contributed by atoms with E-state index in [1.807, 2.05) is 0 Å². The van der Waals surface area contributed by atoms with Crippen molar-refractivity contribution in [2.45, 2.75) is 6.04 Å². The number of pyridine rings is 1. The summed E-state index contributed by atoms with van der Waals surface area (Å²) < 4.78 is 9.59. The molecule has 0 fully saturated rings. The lowest BCUT2D eigenvalue weighted by atomic mass is 10.3. The lowest BCUT2D eigenvalue weighted by Crippen LogP contribution is -2.37. The molecule has 0 radical (unpaired) electrons. The minimum atomic E-state index is -0.776. The Labute approximate surface area is 81.8 Å². The van der Waals surface area contributed by atoms with Gasteiger partial charge in [-0.05, 0) is 6.07 Å². The molecule has 1 aromatic rings. The molecule has 1 rings (SSSR count). The summed E-state index contributed by atoms with van der Waals surface area (Å²) in [7, 11) is 1.28. The molecular formula is C9H12N2O3. The van der Waals surface area contributed by atoms with Gasteiger partial charge in [-0.15, -0.1) is 0 Å². The summed E-state index contributed by atoms with van der Waals surface area (Å²) in [6.45, 7) is 0.0592. The first-order valence-corrected chi connectivity index (χ1v) is 4.11. The fourth-order valence-corrected chi connectivity index (χ4v) is 0.827. The van der Waals surface area contributed by atoms with E-state index in [-0.39, 0.29) is 6.61 Å². The predicted molar refractivity (Wildman–Crippen MR) is 49.7 cm³/mol. The van der Waals surface area contributed by atoms with E-state index in [1.54, 1.807) is 24.4 Å². The van der Waals surface area contributed by atoms with Crippen molar-refractivity contribution in [3.8, 4) is 5.88 Å². The molecule has 0 spiro atoms. The smallest absolute Gasteiger partial charge is 0.326 e. The molecule has 0 aliphatic carbocycles. The Kier molecular flexibility index (Phi) is 3.87. The summed E-state index contributed by atoms with van der Waals surface area (Å²) in [5.74, 6) is -0.0622. The van der Waals surface area contributed by atoms with E-state index in [9.17, 15) is 4.79 Å². The number of hydrogen-bond donors (Lipinski definition) is 1. The lowest BCUT2D eigenvalue weighted by molar-refractivity contribution is -0.142. The zero-order valence-electron chi connectivity index (χ0n) is 7.84. The highest BCUT2D eigenvalue weighted by Gasteiger charge is 2.14. The van der Waals surface area contributed by atoms with Crippen LogP contribution in [0.3, 0.4) is 0 Å². The summed E-state index contributed by atoms with van der Waals surface area (Å²) in [6.07, 6.45) is 1.60. The number of nitrogens with zero attached hydrogens (tertiary/aromatic N) is 1. The van der Waals surface area contributed by atoms with Crippen LogP contribution in [0.25, 0.3) is 0 Å². The number of hydrogen-bond acceptors (Lipinski definition) is 5. The van der Waals surface area contributed by atoms with Gasteiger partial charge in [0.15, 0.2) is 0 Å². The minimum Gasteiger partial charge on any atom is -0.475 e. The van der Waals surface area contributed by atoms with Crippen molar-refractivity contribution in [1.82, 2.24) is 4.98 Å². The van der Waals surface area contributed by atoms with Crippen LogP contribution in [-0.4, -0.2) is 30.7 Å². The molecule has 14 heavy (non-hydrogen) atoms. The van der Waals surface area contributed by atoms with Gasteiger partial charge >= 0.3 is 5.97 Å². The monoisotopic (exact) mass is 196 g/mol. The van der Waals surface area contributed by atoms with Gasteiger partial charge in [0, 0.05) is 12.3 Å². The number of methoxy groups -OCH3 is 1. The highest BCUT2D eigenvalue weighted by molar-refractivity contribution is 5.75. The number of ether oxygens (including phenoxy) is 2. The van der Waals surface area contributed by atoms with Crippen molar-refractivity contribution >= 4 is 5.97 Å². The normalized spacial score (nSPS) is 11.9. The molecule has 0 saturated heterocycles. The Morgan fingerprint density at radius 1 is 1.64 bits per heavy atom. The average Bonchev–Trinajstić information content (AvgIpc) is 2.26. The summed E-state index contributed by atoms with van der Waals surface area (Å²) in [5, 5.41) is 0. The molecule has 0 aromatic carbocycles. The van der Waals surface area contributed by atoms with Gasteiger partial charge in [0.05, 0.1) is 7.11 Å². The van der Waals surface area contributed by atoms with Crippen molar-refractivity contribution in [2.75, 3.05) is 13.7 Å². The number of nitrogens with two attached hydrogens (primary N) is 1. The van der Waals surface area contributed by atoms with Crippen LogP contribution in [-0.2, 0) is 9.53 Å². The molecule has 0 aliphatic rings. The van der Waals surface area contributed by atoms with E-state index >= 15 is 0 Å². The minimum absolute atomic E-state index is 0.0592. The molecular weight excluding hydrogens is 184 g/mol. The van der Waals surface area contributed by atoms with Crippen LogP contribution in [0.1, 0.15) is 0 Å². The second-order valence-corrected chi connectivity index (χ2v) is 2.61. The maximum Gasteiger partial charge on any atom is 0.326 e. The molecule has 1 unspecified atom stereocenters. The van der Waals surface area contributed by atoms with Crippen LogP contribution >= 0.6 is 0 Å².